The number of rotatable bonds is 0. The van der Waals surface area contributed by atoms with Crippen LogP contribution in [0, 0.1) is 5.82 Å². The highest BCUT2D eigenvalue weighted by molar-refractivity contribution is 7.99. The summed E-state index contributed by atoms with van der Waals surface area (Å²) < 4.78 is 13.9. The molecule has 0 aliphatic carbocycles. The molecule has 1 aromatic heterocycles. The summed E-state index contributed by atoms with van der Waals surface area (Å²) in [5, 5.41) is 3.82. The van der Waals surface area contributed by atoms with Crippen molar-refractivity contribution in [1.82, 2.24) is 5.32 Å². The number of carbonyl (C=O) groups is 1. The predicted octanol–water partition coefficient (Wildman–Crippen LogP) is 2.88. The minimum absolute atomic E-state index is 0.0402. The Morgan fingerprint density at radius 2 is 2.25 bits per heavy atom. The van der Waals surface area contributed by atoms with Gasteiger partial charge in [-0.1, -0.05) is 0 Å². The highest BCUT2D eigenvalue weighted by Gasteiger charge is 2.21. The molecule has 0 fully saturated rings. The second-order valence-electron chi connectivity index (χ2n) is 3.51. The van der Waals surface area contributed by atoms with Gasteiger partial charge in [0.1, 0.15) is 10.7 Å². The fraction of sp³-hybridized carbons (Fsp3) is 0.182. The van der Waals surface area contributed by atoms with Crippen LogP contribution < -0.4 is 5.32 Å². The summed E-state index contributed by atoms with van der Waals surface area (Å²) in [4.78, 5) is 13.5. The number of hydrogen-bond acceptors (Lipinski definition) is 3. The van der Waals surface area contributed by atoms with Crippen molar-refractivity contribution >= 4 is 39.1 Å². The number of fused-ring (bicyclic) bond motifs is 3. The minimum Gasteiger partial charge on any atom is -0.350 e. The van der Waals surface area contributed by atoms with Crippen LogP contribution in [0.4, 0.5) is 4.39 Å². The Morgan fingerprint density at radius 3 is 3.12 bits per heavy atom. The van der Waals surface area contributed by atoms with E-state index in [4.69, 9.17) is 0 Å². The summed E-state index contributed by atoms with van der Waals surface area (Å²) in [5.74, 6) is 0.568. The molecule has 0 saturated heterocycles. The predicted molar refractivity (Wildman–Crippen MR) is 64.8 cm³/mol. The lowest BCUT2D eigenvalue weighted by Crippen LogP contribution is -2.22. The lowest BCUT2D eigenvalue weighted by atomic mass is 10.2. The number of halogens is 1. The maximum absolute atomic E-state index is 13.1. The van der Waals surface area contributed by atoms with Crippen molar-refractivity contribution in [3.8, 4) is 0 Å². The monoisotopic (exact) mass is 253 g/mol. The molecule has 0 atom stereocenters. The lowest BCUT2D eigenvalue weighted by molar-refractivity contribution is 0.0959. The van der Waals surface area contributed by atoms with Gasteiger partial charge in [-0.05, 0) is 18.2 Å². The van der Waals surface area contributed by atoms with E-state index >= 15 is 0 Å². The first-order valence-electron chi connectivity index (χ1n) is 4.89. The lowest BCUT2D eigenvalue weighted by Gasteiger charge is -1.96. The number of hydrogen-bond donors (Lipinski definition) is 1. The first kappa shape index (κ1) is 10.1. The van der Waals surface area contributed by atoms with Gasteiger partial charge in [0, 0.05) is 27.3 Å². The van der Waals surface area contributed by atoms with Crippen LogP contribution in [0.1, 0.15) is 9.67 Å². The third kappa shape index (κ3) is 1.51. The Balaban J connectivity index is 2.29. The van der Waals surface area contributed by atoms with Crippen LogP contribution in [0.15, 0.2) is 23.1 Å². The molecule has 1 aliphatic rings. The van der Waals surface area contributed by atoms with Crippen LogP contribution in [0.2, 0.25) is 0 Å². The third-order valence-corrected chi connectivity index (χ3v) is 4.85. The van der Waals surface area contributed by atoms with E-state index in [9.17, 15) is 9.18 Å². The fourth-order valence-corrected chi connectivity index (χ4v) is 4.11. The molecule has 2 nitrogen and oxygen atoms in total. The summed E-state index contributed by atoms with van der Waals surface area (Å²) in [5.41, 5.74) is 0. The topological polar surface area (TPSA) is 29.1 Å². The summed E-state index contributed by atoms with van der Waals surface area (Å²) in [6.45, 7) is 0.688. The molecule has 16 heavy (non-hydrogen) atoms. The number of thiophene rings is 1. The summed E-state index contributed by atoms with van der Waals surface area (Å²) >= 11 is 3.02. The van der Waals surface area contributed by atoms with Gasteiger partial charge in [0.2, 0.25) is 0 Å². The second-order valence-corrected chi connectivity index (χ2v) is 5.66. The number of benzene rings is 1. The van der Waals surface area contributed by atoms with Crippen molar-refractivity contribution in [3.63, 3.8) is 0 Å². The van der Waals surface area contributed by atoms with Crippen molar-refractivity contribution in [1.29, 1.82) is 0 Å². The van der Waals surface area contributed by atoms with Gasteiger partial charge in [-0.15, -0.1) is 23.1 Å². The average molecular weight is 253 g/mol. The molecule has 1 amide bonds. The van der Waals surface area contributed by atoms with Gasteiger partial charge in [-0.2, -0.15) is 0 Å². The molecule has 1 N–H and O–H groups in total. The summed E-state index contributed by atoms with van der Waals surface area (Å²) in [6.07, 6.45) is 0. The maximum Gasteiger partial charge on any atom is 0.262 e. The van der Waals surface area contributed by atoms with Gasteiger partial charge >= 0.3 is 0 Å². The van der Waals surface area contributed by atoms with Crippen molar-refractivity contribution in [2.75, 3.05) is 12.3 Å². The van der Waals surface area contributed by atoms with Crippen LogP contribution >= 0.6 is 23.1 Å². The highest BCUT2D eigenvalue weighted by Crippen LogP contribution is 2.39. The van der Waals surface area contributed by atoms with E-state index in [0.717, 1.165) is 20.7 Å². The standard InChI is InChI=1S/C11H8FNOS2/c12-6-1-2-7-8(5-6)16-10-9(7)15-4-3-13-11(10)14/h1-2,5H,3-4H2,(H,13,14). The third-order valence-electron chi connectivity index (χ3n) is 2.45. The normalized spacial score (nSPS) is 15.7. The Morgan fingerprint density at radius 1 is 1.38 bits per heavy atom. The molecule has 0 spiro atoms. The second kappa shape index (κ2) is 3.75. The van der Waals surface area contributed by atoms with Crippen molar-refractivity contribution in [3.05, 3.63) is 28.9 Å². The van der Waals surface area contributed by atoms with Gasteiger partial charge in [-0.25, -0.2) is 4.39 Å². The highest BCUT2D eigenvalue weighted by atomic mass is 32.2. The van der Waals surface area contributed by atoms with E-state index in [1.165, 1.54) is 23.5 Å². The molecular formula is C11H8FNOS2. The van der Waals surface area contributed by atoms with Gasteiger partial charge in [0.25, 0.3) is 5.91 Å². The first-order chi connectivity index (χ1) is 7.75. The molecule has 3 rings (SSSR count). The molecule has 0 saturated carbocycles. The van der Waals surface area contributed by atoms with Gasteiger partial charge in [0.05, 0.1) is 0 Å². The zero-order valence-corrected chi connectivity index (χ0v) is 9.88. The molecule has 2 aromatic rings. The van der Waals surface area contributed by atoms with E-state index < -0.39 is 0 Å². The Labute approximate surface area is 99.8 Å². The maximum atomic E-state index is 13.1. The van der Waals surface area contributed by atoms with E-state index in [2.05, 4.69) is 5.32 Å². The fourth-order valence-electron chi connectivity index (χ4n) is 1.74. The van der Waals surface area contributed by atoms with Crippen molar-refractivity contribution < 1.29 is 9.18 Å². The SMILES string of the molecule is O=C1NCCSc2c1sc1cc(F)ccc21. The molecule has 0 radical (unpaired) electrons. The number of carbonyl (C=O) groups excluding carboxylic acids is 1. The minimum atomic E-state index is -0.255. The summed E-state index contributed by atoms with van der Waals surface area (Å²) in [7, 11) is 0. The van der Waals surface area contributed by atoms with E-state index in [1.807, 2.05) is 0 Å². The van der Waals surface area contributed by atoms with E-state index in [1.54, 1.807) is 17.8 Å². The molecule has 82 valence electrons. The van der Waals surface area contributed by atoms with E-state index in [-0.39, 0.29) is 11.7 Å². The zero-order valence-electron chi connectivity index (χ0n) is 8.25. The van der Waals surface area contributed by atoms with Crippen LogP contribution in [-0.4, -0.2) is 18.2 Å². The van der Waals surface area contributed by atoms with Gasteiger partial charge < -0.3 is 5.32 Å². The molecule has 2 heterocycles. The Kier molecular flexibility index (Phi) is 2.37. The summed E-state index contributed by atoms with van der Waals surface area (Å²) in [6, 6.07) is 4.69. The molecule has 5 heteroatoms. The smallest absolute Gasteiger partial charge is 0.262 e. The number of nitrogens with one attached hydrogen (secondary N) is 1. The molecule has 1 aromatic carbocycles. The Bertz CT molecular complexity index is 579. The van der Waals surface area contributed by atoms with Crippen LogP contribution in [0.5, 0.6) is 0 Å². The Hall–Kier alpha value is -1.07. The molecular weight excluding hydrogens is 245 g/mol. The van der Waals surface area contributed by atoms with Crippen LogP contribution in [0.25, 0.3) is 10.1 Å². The average Bonchev–Trinajstić information content (AvgIpc) is 2.52. The number of thioether (sulfide) groups is 1. The number of amides is 1. The quantitative estimate of drug-likeness (QED) is 0.782. The first-order valence-corrected chi connectivity index (χ1v) is 6.69. The molecule has 1 aliphatic heterocycles. The van der Waals surface area contributed by atoms with E-state index in [0.29, 0.717) is 11.4 Å². The van der Waals surface area contributed by atoms with Gasteiger partial charge in [0.15, 0.2) is 0 Å². The molecule has 0 bridgehead atoms. The van der Waals surface area contributed by atoms with Crippen molar-refractivity contribution in [2.24, 2.45) is 0 Å². The van der Waals surface area contributed by atoms with Crippen LogP contribution in [-0.2, 0) is 0 Å². The van der Waals surface area contributed by atoms with Crippen LogP contribution in [0.3, 0.4) is 0 Å². The zero-order chi connectivity index (χ0) is 11.1. The molecule has 0 unspecified atom stereocenters. The van der Waals surface area contributed by atoms with Crippen molar-refractivity contribution in [2.45, 2.75) is 4.90 Å². The van der Waals surface area contributed by atoms with Gasteiger partial charge in [-0.3, -0.25) is 4.79 Å². The largest absolute Gasteiger partial charge is 0.350 e.